The van der Waals surface area contributed by atoms with Crippen LogP contribution in [-0.2, 0) is 16.6 Å². The molecule has 1 aliphatic heterocycles. The van der Waals surface area contributed by atoms with Crippen LogP contribution in [0.3, 0.4) is 0 Å². The third-order valence-corrected chi connectivity index (χ3v) is 8.41. The number of halogens is 2. The third kappa shape index (κ3) is 5.08. The summed E-state index contributed by atoms with van der Waals surface area (Å²) in [4.78, 5) is 17.6. The van der Waals surface area contributed by atoms with E-state index in [1.165, 1.54) is 5.56 Å². The maximum absolute atomic E-state index is 13.2. The van der Waals surface area contributed by atoms with Crippen LogP contribution in [0.4, 0.5) is 0 Å². The predicted octanol–water partition coefficient (Wildman–Crippen LogP) is 5.70. The molecular weight excluding hydrogens is 455 g/mol. The van der Waals surface area contributed by atoms with Crippen molar-refractivity contribution in [3.63, 3.8) is 0 Å². The molecule has 1 saturated heterocycles. The number of likely N-dealkylation sites (tertiary alicyclic amines) is 1. The van der Waals surface area contributed by atoms with Crippen molar-refractivity contribution in [2.75, 3.05) is 26.7 Å². The average molecular weight is 487 g/mol. The molecule has 1 aliphatic carbocycles. The van der Waals surface area contributed by atoms with Crippen molar-refractivity contribution in [3.05, 3.63) is 76.3 Å². The van der Waals surface area contributed by atoms with Gasteiger partial charge in [0, 0.05) is 31.6 Å². The Labute approximate surface area is 206 Å². The molecule has 4 nitrogen and oxygen atoms in total. The summed E-state index contributed by atoms with van der Waals surface area (Å²) < 4.78 is 0. The van der Waals surface area contributed by atoms with Crippen LogP contribution in [-0.4, -0.2) is 53.5 Å². The Morgan fingerprint density at radius 1 is 1.24 bits per heavy atom. The third-order valence-electron chi connectivity index (χ3n) is 7.67. The zero-order valence-electron chi connectivity index (χ0n) is 19.1. The largest absolute Gasteiger partial charge is 0.508 e. The fraction of sp³-hybridized carbons (Fsp3) is 0.444. The first-order valence-corrected chi connectivity index (χ1v) is 12.4. The lowest BCUT2D eigenvalue weighted by molar-refractivity contribution is -0.133. The van der Waals surface area contributed by atoms with E-state index in [-0.39, 0.29) is 17.4 Å². The Bertz CT molecular complexity index is 1030. The minimum Gasteiger partial charge on any atom is -0.508 e. The highest BCUT2D eigenvalue weighted by Crippen LogP contribution is 2.50. The Morgan fingerprint density at radius 3 is 2.79 bits per heavy atom. The van der Waals surface area contributed by atoms with Crippen LogP contribution in [0.2, 0.25) is 10.0 Å². The molecule has 3 atom stereocenters. The van der Waals surface area contributed by atoms with Crippen LogP contribution >= 0.6 is 23.2 Å². The lowest BCUT2D eigenvalue weighted by atomic mass is 9.57. The molecule has 0 unspecified atom stereocenters. The summed E-state index contributed by atoms with van der Waals surface area (Å²) in [7, 11) is 1.92. The van der Waals surface area contributed by atoms with Gasteiger partial charge in [0.25, 0.3) is 0 Å². The van der Waals surface area contributed by atoms with Gasteiger partial charge in [-0.15, -0.1) is 6.58 Å². The molecule has 176 valence electrons. The quantitative estimate of drug-likeness (QED) is 0.532. The molecule has 2 aliphatic rings. The van der Waals surface area contributed by atoms with E-state index in [9.17, 15) is 9.90 Å². The fourth-order valence-electron chi connectivity index (χ4n) is 5.84. The van der Waals surface area contributed by atoms with Crippen LogP contribution < -0.4 is 0 Å². The highest BCUT2D eigenvalue weighted by Gasteiger charge is 2.49. The second-order valence-electron chi connectivity index (χ2n) is 9.57. The Morgan fingerprint density at radius 2 is 2.06 bits per heavy atom. The zero-order chi connectivity index (χ0) is 23.6. The van der Waals surface area contributed by atoms with E-state index in [1.54, 1.807) is 18.2 Å². The standard InChI is InChI=1S/C27H32Cl2N2O2/c1-3-12-31-13-11-27(20-5-4-6-23(32)16-20)17-22(9-8-21(27)18-31)30(2)26(33)15-19-7-10-24(28)25(29)14-19/h3-7,10,14,16,21-22,32H,1,8-9,11-13,15,17-18H2,2H3/t21-,22-,27+/m1/s1. The molecule has 1 heterocycles. The molecule has 6 heteroatoms. The van der Waals surface area contributed by atoms with E-state index in [0.717, 1.165) is 50.9 Å². The van der Waals surface area contributed by atoms with Gasteiger partial charge in [0.2, 0.25) is 5.91 Å². The maximum atomic E-state index is 13.2. The molecule has 2 aromatic rings. The summed E-state index contributed by atoms with van der Waals surface area (Å²) in [5.41, 5.74) is 2.02. The normalized spacial score (nSPS) is 25.3. The number of carbonyl (C=O) groups excluding carboxylic acids is 1. The monoisotopic (exact) mass is 486 g/mol. The van der Waals surface area contributed by atoms with Gasteiger partial charge in [0.05, 0.1) is 16.5 Å². The fourth-order valence-corrected chi connectivity index (χ4v) is 6.16. The number of hydrogen-bond acceptors (Lipinski definition) is 3. The van der Waals surface area contributed by atoms with Crippen LogP contribution in [0.15, 0.2) is 55.1 Å². The Hall–Kier alpha value is -2.01. The number of hydrogen-bond donors (Lipinski definition) is 1. The highest BCUT2D eigenvalue weighted by molar-refractivity contribution is 6.42. The number of carbonyl (C=O) groups is 1. The van der Waals surface area contributed by atoms with Gasteiger partial charge in [-0.25, -0.2) is 0 Å². The van der Waals surface area contributed by atoms with Crippen molar-refractivity contribution in [1.82, 2.24) is 9.80 Å². The SMILES string of the molecule is C=CCN1CC[C@@]2(c3cccc(O)c3)C[C@H](N(C)C(=O)Cc3ccc(Cl)c(Cl)c3)CC[C@@H]2C1. The molecule has 1 saturated carbocycles. The zero-order valence-corrected chi connectivity index (χ0v) is 20.7. The minimum atomic E-state index is -0.0442. The smallest absolute Gasteiger partial charge is 0.226 e. The van der Waals surface area contributed by atoms with Crippen LogP contribution in [0.5, 0.6) is 5.75 Å². The molecule has 0 radical (unpaired) electrons. The molecule has 33 heavy (non-hydrogen) atoms. The number of fused-ring (bicyclic) bond motifs is 1. The van der Waals surface area contributed by atoms with E-state index in [0.29, 0.717) is 28.1 Å². The molecule has 2 fully saturated rings. The van der Waals surface area contributed by atoms with Gasteiger partial charge in [-0.2, -0.15) is 0 Å². The number of nitrogens with zero attached hydrogens (tertiary/aromatic N) is 2. The van der Waals surface area contributed by atoms with Gasteiger partial charge < -0.3 is 10.0 Å². The lowest BCUT2D eigenvalue weighted by Crippen LogP contribution is -2.56. The van der Waals surface area contributed by atoms with E-state index in [2.05, 4.69) is 17.5 Å². The van der Waals surface area contributed by atoms with Gasteiger partial charge in [-0.1, -0.05) is 47.5 Å². The summed E-state index contributed by atoms with van der Waals surface area (Å²) in [5, 5.41) is 11.2. The summed E-state index contributed by atoms with van der Waals surface area (Å²) in [5.74, 6) is 0.884. The van der Waals surface area contributed by atoms with Crippen molar-refractivity contribution < 1.29 is 9.90 Å². The molecular formula is C27H32Cl2N2O2. The van der Waals surface area contributed by atoms with Crippen LogP contribution in [0.25, 0.3) is 0 Å². The Kier molecular flexibility index (Phi) is 7.37. The van der Waals surface area contributed by atoms with E-state index < -0.39 is 0 Å². The first-order valence-electron chi connectivity index (χ1n) is 11.6. The van der Waals surface area contributed by atoms with Crippen molar-refractivity contribution >= 4 is 29.1 Å². The summed E-state index contributed by atoms with van der Waals surface area (Å²) in [6.07, 6.45) is 6.24. The van der Waals surface area contributed by atoms with Crippen LogP contribution in [0, 0.1) is 5.92 Å². The van der Waals surface area contributed by atoms with Crippen molar-refractivity contribution in [3.8, 4) is 5.75 Å². The number of phenols is 1. The average Bonchev–Trinajstić information content (AvgIpc) is 2.81. The van der Waals surface area contributed by atoms with E-state index in [1.807, 2.05) is 36.2 Å². The topological polar surface area (TPSA) is 43.8 Å². The van der Waals surface area contributed by atoms with E-state index >= 15 is 0 Å². The molecule has 0 spiro atoms. The van der Waals surface area contributed by atoms with Crippen molar-refractivity contribution in [1.29, 1.82) is 0 Å². The van der Waals surface area contributed by atoms with Gasteiger partial charge in [-0.05, 0) is 73.5 Å². The number of amides is 1. The van der Waals surface area contributed by atoms with Gasteiger partial charge in [0.15, 0.2) is 0 Å². The molecule has 0 bridgehead atoms. The predicted molar refractivity (Wildman–Crippen MR) is 135 cm³/mol. The number of benzene rings is 2. The Balaban J connectivity index is 1.55. The van der Waals surface area contributed by atoms with Gasteiger partial charge in [-0.3, -0.25) is 9.69 Å². The summed E-state index contributed by atoms with van der Waals surface area (Å²) >= 11 is 12.2. The number of rotatable bonds is 6. The number of phenolic OH excluding ortho intramolecular Hbond substituents is 1. The highest BCUT2D eigenvalue weighted by atomic mass is 35.5. The molecule has 0 aromatic heterocycles. The second kappa shape index (κ2) is 10.1. The molecule has 2 aromatic carbocycles. The molecule has 4 rings (SSSR count). The molecule has 1 N–H and O–H groups in total. The van der Waals surface area contributed by atoms with E-state index in [4.69, 9.17) is 23.2 Å². The summed E-state index contributed by atoms with van der Waals surface area (Å²) in [6.45, 7) is 6.83. The second-order valence-corrected chi connectivity index (χ2v) is 10.4. The number of aromatic hydroxyl groups is 1. The van der Waals surface area contributed by atoms with Gasteiger partial charge >= 0.3 is 0 Å². The maximum Gasteiger partial charge on any atom is 0.226 e. The van der Waals surface area contributed by atoms with Crippen LogP contribution in [0.1, 0.15) is 36.8 Å². The number of piperidine rings is 1. The molecule has 1 amide bonds. The lowest BCUT2D eigenvalue weighted by Gasteiger charge is -2.54. The van der Waals surface area contributed by atoms with Gasteiger partial charge in [0.1, 0.15) is 5.75 Å². The van der Waals surface area contributed by atoms with Crippen molar-refractivity contribution in [2.45, 2.75) is 43.6 Å². The number of likely N-dealkylation sites (N-methyl/N-ethyl adjacent to an activating group) is 1. The summed E-state index contributed by atoms with van der Waals surface area (Å²) in [6, 6.07) is 13.3. The minimum absolute atomic E-state index is 0.0442. The first-order chi connectivity index (χ1) is 15.8. The first kappa shape index (κ1) is 24.1. The van der Waals surface area contributed by atoms with Crippen molar-refractivity contribution in [2.24, 2.45) is 5.92 Å².